The molecule has 6 nitrogen and oxygen atoms in total. The van der Waals surface area contributed by atoms with Gasteiger partial charge in [0, 0.05) is 11.8 Å². The molecule has 1 aliphatic heterocycles. The van der Waals surface area contributed by atoms with Crippen molar-refractivity contribution < 1.29 is 24.2 Å². The van der Waals surface area contributed by atoms with Crippen LogP contribution in [0.1, 0.15) is 22.7 Å². The number of aryl methyl sites for hydroxylation is 1. The Morgan fingerprint density at radius 1 is 0.886 bits per heavy atom. The summed E-state index contributed by atoms with van der Waals surface area (Å²) in [5, 5.41) is 12.1. The van der Waals surface area contributed by atoms with Gasteiger partial charge in [0.25, 0.3) is 11.7 Å². The average Bonchev–Trinajstić information content (AvgIpc) is 3.10. The predicted octanol–water partition coefficient (Wildman–Crippen LogP) is 6.60. The monoisotopic (exact) mass is 531 g/mol. The van der Waals surface area contributed by atoms with Crippen LogP contribution in [0.25, 0.3) is 5.76 Å². The van der Waals surface area contributed by atoms with Gasteiger partial charge in [0.1, 0.15) is 17.3 Å². The number of amides is 1. The molecule has 1 unspecified atom stereocenters. The number of rotatable bonds is 5. The van der Waals surface area contributed by atoms with E-state index < -0.39 is 23.5 Å². The van der Waals surface area contributed by atoms with Gasteiger partial charge in [0.05, 0.1) is 46.5 Å². The van der Waals surface area contributed by atoms with Crippen LogP contribution < -0.4 is 14.4 Å². The number of carbonyl (C=O) groups excluding carboxylic acids is 2. The summed E-state index contributed by atoms with van der Waals surface area (Å²) < 4.78 is 10.6. The van der Waals surface area contributed by atoms with Gasteiger partial charge in [-0.25, -0.2) is 0 Å². The van der Waals surface area contributed by atoms with Crippen LogP contribution in [0.4, 0.5) is 5.69 Å². The highest BCUT2D eigenvalue weighted by Crippen LogP contribution is 2.45. The van der Waals surface area contributed by atoms with Crippen molar-refractivity contribution in [1.82, 2.24) is 0 Å². The van der Waals surface area contributed by atoms with Gasteiger partial charge in [-0.2, -0.15) is 0 Å². The average molecular weight is 533 g/mol. The van der Waals surface area contributed by atoms with Crippen molar-refractivity contribution in [3.63, 3.8) is 0 Å². The lowest BCUT2D eigenvalue weighted by Gasteiger charge is -2.26. The Morgan fingerprint density at radius 2 is 1.60 bits per heavy atom. The molecule has 3 aromatic rings. The number of hydrogen-bond donors (Lipinski definition) is 1. The highest BCUT2D eigenvalue weighted by atomic mass is 35.5. The maximum atomic E-state index is 13.4. The molecule has 35 heavy (non-hydrogen) atoms. The minimum Gasteiger partial charge on any atom is -0.507 e. The Kier molecular flexibility index (Phi) is 6.99. The first kappa shape index (κ1) is 24.9. The second kappa shape index (κ2) is 9.82. The molecule has 3 aromatic carbocycles. The maximum Gasteiger partial charge on any atom is 0.300 e. The molecular formula is C26H20Cl3NO5. The number of methoxy groups -OCH3 is 2. The molecule has 0 spiro atoms. The summed E-state index contributed by atoms with van der Waals surface area (Å²) in [7, 11) is 2.85. The first-order valence-electron chi connectivity index (χ1n) is 10.4. The van der Waals surface area contributed by atoms with Crippen molar-refractivity contribution in [1.29, 1.82) is 0 Å². The Morgan fingerprint density at radius 3 is 2.23 bits per heavy atom. The van der Waals surface area contributed by atoms with Gasteiger partial charge in [0.2, 0.25) is 0 Å². The normalized spacial score (nSPS) is 17.1. The standard InChI is InChI=1S/C26H20Cl3NO5/c1-13-5-4-6-14(9-13)23-22(24(31)16-11-19(29)21(35-3)12-20(16)34-2)25(32)26(33)30(23)15-7-8-17(27)18(28)10-15/h4-12,23,31H,1-3H3/b24-22+. The molecule has 0 aromatic heterocycles. The number of ether oxygens (including phenoxy) is 2. The summed E-state index contributed by atoms with van der Waals surface area (Å²) in [6.45, 7) is 1.89. The molecule has 180 valence electrons. The molecule has 1 amide bonds. The molecule has 4 rings (SSSR count). The first-order chi connectivity index (χ1) is 16.7. The number of benzene rings is 3. The van der Waals surface area contributed by atoms with E-state index in [2.05, 4.69) is 0 Å². The van der Waals surface area contributed by atoms with E-state index in [0.29, 0.717) is 22.0 Å². The smallest absolute Gasteiger partial charge is 0.300 e. The van der Waals surface area contributed by atoms with Gasteiger partial charge >= 0.3 is 0 Å². The van der Waals surface area contributed by atoms with Gasteiger partial charge in [-0.15, -0.1) is 0 Å². The van der Waals surface area contributed by atoms with Crippen molar-refractivity contribution in [3.8, 4) is 11.5 Å². The Bertz CT molecular complexity index is 1390. The molecule has 0 bridgehead atoms. The fraction of sp³-hybridized carbons (Fsp3) is 0.154. The van der Waals surface area contributed by atoms with Crippen LogP contribution in [0.3, 0.4) is 0 Å². The summed E-state index contributed by atoms with van der Waals surface area (Å²) in [5.74, 6) is -1.58. The van der Waals surface area contributed by atoms with Crippen LogP contribution in [-0.2, 0) is 9.59 Å². The summed E-state index contributed by atoms with van der Waals surface area (Å²) >= 11 is 18.6. The predicted molar refractivity (Wildman–Crippen MR) is 137 cm³/mol. The maximum absolute atomic E-state index is 13.4. The molecule has 1 fully saturated rings. The van der Waals surface area contributed by atoms with Crippen molar-refractivity contribution in [2.24, 2.45) is 0 Å². The summed E-state index contributed by atoms with van der Waals surface area (Å²) in [6, 6.07) is 13.9. The molecule has 1 atom stereocenters. The Balaban J connectivity index is 2.00. The minimum absolute atomic E-state index is 0.119. The molecule has 9 heteroatoms. The van der Waals surface area contributed by atoms with E-state index >= 15 is 0 Å². The SMILES string of the molecule is COc1cc(OC)c(/C(O)=C2\C(=O)C(=O)N(c3ccc(Cl)c(Cl)c3)C2c2cccc(C)c2)cc1Cl. The summed E-state index contributed by atoms with van der Waals surface area (Å²) in [6.07, 6.45) is 0. The summed E-state index contributed by atoms with van der Waals surface area (Å²) in [4.78, 5) is 28.0. The fourth-order valence-corrected chi connectivity index (χ4v) is 4.61. The number of Topliss-reactive ketones (excluding diaryl/α,β-unsaturated/α-hetero) is 1. The van der Waals surface area contributed by atoms with Gasteiger partial charge in [0.15, 0.2) is 0 Å². The molecule has 1 N–H and O–H groups in total. The molecule has 0 saturated carbocycles. The van der Waals surface area contributed by atoms with Crippen LogP contribution in [0.2, 0.25) is 15.1 Å². The Hall–Kier alpha value is -3.19. The van der Waals surface area contributed by atoms with Gasteiger partial charge in [-0.05, 0) is 36.8 Å². The van der Waals surface area contributed by atoms with Gasteiger partial charge in [-0.3, -0.25) is 14.5 Å². The van der Waals surface area contributed by atoms with Gasteiger partial charge < -0.3 is 14.6 Å². The molecule has 0 radical (unpaired) electrons. The number of nitrogens with zero attached hydrogens (tertiary/aromatic N) is 1. The second-order valence-corrected chi connectivity index (χ2v) is 9.09. The molecular weight excluding hydrogens is 513 g/mol. The molecule has 1 aliphatic rings. The highest BCUT2D eigenvalue weighted by Gasteiger charge is 2.47. The van der Waals surface area contributed by atoms with Crippen molar-refractivity contribution in [3.05, 3.63) is 91.9 Å². The number of aliphatic hydroxyl groups is 1. The fourth-order valence-electron chi connectivity index (χ4n) is 4.08. The third-order valence-electron chi connectivity index (χ3n) is 5.71. The van der Waals surface area contributed by atoms with Crippen molar-refractivity contribution >= 4 is 57.9 Å². The van der Waals surface area contributed by atoms with Crippen LogP contribution in [-0.4, -0.2) is 31.0 Å². The van der Waals surface area contributed by atoms with E-state index in [0.717, 1.165) is 5.56 Å². The van der Waals surface area contributed by atoms with Crippen LogP contribution >= 0.6 is 34.8 Å². The summed E-state index contributed by atoms with van der Waals surface area (Å²) in [5.41, 5.74) is 1.91. The zero-order chi connectivity index (χ0) is 25.4. The van der Waals surface area contributed by atoms with E-state index in [1.54, 1.807) is 12.1 Å². The number of anilines is 1. The number of carbonyl (C=O) groups is 2. The second-order valence-electron chi connectivity index (χ2n) is 7.87. The van der Waals surface area contributed by atoms with Crippen LogP contribution in [0, 0.1) is 6.92 Å². The number of aliphatic hydroxyl groups excluding tert-OH is 1. The van der Waals surface area contributed by atoms with Gasteiger partial charge in [-0.1, -0.05) is 64.6 Å². The van der Waals surface area contributed by atoms with Crippen LogP contribution in [0.5, 0.6) is 11.5 Å². The molecule has 0 aliphatic carbocycles. The van der Waals surface area contributed by atoms with E-state index in [1.165, 1.54) is 43.4 Å². The lowest BCUT2D eigenvalue weighted by Crippen LogP contribution is -2.29. The lowest BCUT2D eigenvalue weighted by molar-refractivity contribution is -0.132. The number of hydrogen-bond acceptors (Lipinski definition) is 5. The van der Waals surface area contributed by atoms with E-state index in [-0.39, 0.29) is 26.9 Å². The zero-order valence-electron chi connectivity index (χ0n) is 18.9. The highest BCUT2D eigenvalue weighted by molar-refractivity contribution is 6.52. The zero-order valence-corrected chi connectivity index (χ0v) is 21.2. The van der Waals surface area contributed by atoms with Crippen molar-refractivity contribution in [2.45, 2.75) is 13.0 Å². The Labute approximate surface area is 217 Å². The number of ketones is 1. The van der Waals surface area contributed by atoms with E-state index in [4.69, 9.17) is 44.3 Å². The van der Waals surface area contributed by atoms with E-state index in [9.17, 15) is 14.7 Å². The van der Waals surface area contributed by atoms with E-state index in [1.807, 2.05) is 25.1 Å². The third-order valence-corrected chi connectivity index (χ3v) is 6.75. The lowest BCUT2D eigenvalue weighted by atomic mass is 9.94. The van der Waals surface area contributed by atoms with Crippen molar-refractivity contribution in [2.75, 3.05) is 19.1 Å². The largest absolute Gasteiger partial charge is 0.507 e. The number of halogens is 3. The first-order valence-corrected chi connectivity index (χ1v) is 11.6. The topological polar surface area (TPSA) is 76.1 Å². The third kappa shape index (κ3) is 4.45. The molecule has 1 heterocycles. The minimum atomic E-state index is -0.947. The van der Waals surface area contributed by atoms with Crippen LogP contribution in [0.15, 0.2) is 60.2 Å². The molecule has 1 saturated heterocycles. The quantitative estimate of drug-likeness (QED) is 0.228.